The lowest BCUT2D eigenvalue weighted by Gasteiger charge is -1.94. The normalized spacial score (nSPS) is 10.7. The topological polar surface area (TPSA) is 30.7 Å². The Kier molecular flexibility index (Phi) is 3.20. The number of nitrogens with zero attached hydrogens (tertiary/aromatic N) is 3. The third-order valence-electron chi connectivity index (χ3n) is 1.67. The van der Waals surface area contributed by atoms with Crippen LogP contribution in [0.2, 0.25) is 4.34 Å². The smallest absolute Gasteiger partial charge is 0.0932 e. The summed E-state index contributed by atoms with van der Waals surface area (Å²) < 4.78 is 2.61. The maximum Gasteiger partial charge on any atom is 0.0932 e. The summed E-state index contributed by atoms with van der Waals surface area (Å²) in [6.45, 7) is 0.734. The molecule has 2 heterocycles. The molecule has 2 aromatic rings. The van der Waals surface area contributed by atoms with Crippen LogP contribution >= 0.6 is 38.9 Å². The van der Waals surface area contributed by atoms with Gasteiger partial charge in [0.15, 0.2) is 0 Å². The average molecular weight is 293 g/mol. The van der Waals surface area contributed by atoms with Crippen molar-refractivity contribution >= 4 is 38.9 Å². The molecule has 6 heteroatoms. The average Bonchev–Trinajstić information content (AvgIpc) is 2.76. The van der Waals surface area contributed by atoms with E-state index in [0.29, 0.717) is 0 Å². The van der Waals surface area contributed by atoms with E-state index in [4.69, 9.17) is 11.6 Å². The molecule has 0 aliphatic heterocycles. The van der Waals surface area contributed by atoms with Gasteiger partial charge in [-0.2, -0.15) is 0 Å². The molecule has 0 spiro atoms. The Labute approximate surface area is 98.8 Å². The number of hydrogen-bond acceptors (Lipinski definition) is 3. The largest absolute Gasteiger partial charge is 0.247 e. The van der Waals surface area contributed by atoms with Crippen molar-refractivity contribution in [3.63, 3.8) is 0 Å². The molecule has 74 valence electrons. The van der Waals surface area contributed by atoms with E-state index >= 15 is 0 Å². The van der Waals surface area contributed by atoms with Crippen LogP contribution in [0.15, 0.2) is 18.3 Å². The van der Waals surface area contributed by atoms with E-state index in [1.54, 1.807) is 16.0 Å². The van der Waals surface area contributed by atoms with E-state index in [-0.39, 0.29) is 0 Å². The van der Waals surface area contributed by atoms with Crippen LogP contribution < -0.4 is 0 Å². The van der Waals surface area contributed by atoms with E-state index in [0.717, 1.165) is 21.9 Å². The van der Waals surface area contributed by atoms with Crippen LogP contribution in [-0.2, 0) is 11.9 Å². The number of thiophene rings is 1. The molecule has 0 aliphatic rings. The molecule has 0 bridgehead atoms. The van der Waals surface area contributed by atoms with Gasteiger partial charge in [0.25, 0.3) is 0 Å². The minimum atomic E-state index is 0.734. The van der Waals surface area contributed by atoms with E-state index in [2.05, 4.69) is 26.2 Å². The highest BCUT2D eigenvalue weighted by atomic mass is 79.9. The Hall–Kier alpha value is -0.390. The Morgan fingerprint density at radius 2 is 2.36 bits per heavy atom. The van der Waals surface area contributed by atoms with Crippen molar-refractivity contribution in [2.75, 3.05) is 0 Å². The first-order chi connectivity index (χ1) is 6.78. The molecule has 0 radical (unpaired) electrons. The molecule has 0 amide bonds. The van der Waals surface area contributed by atoms with Crippen molar-refractivity contribution in [3.8, 4) is 0 Å². The molecule has 0 saturated heterocycles. The monoisotopic (exact) mass is 291 g/mol. The fourth-order valence-corrected chi connectivity index (χ4v) is 2.41. The molecule has 0 saturated carbocycles. The zero-order valence-electron chi connectivity index (χ0n) is 7.15. The second-order valence-corrected chi connectivity index (χ2v) is 5.11. The summed E-state index contributed by atoms with van der Waals surface area (Å²) in [7, 11) is 0. The number of halogens is 2. The summed E-state index contributed by atoms with van der Waals surface area (Å²) in [5, 5.41) is 8.70. The minimum Gasteiger partial charge on any atom is -0.247 e. The van der Waals surface area contributed by atoms with Gasteiger partial charge in [-0.15, -0.1) is 16.4 Å². The van der Waals surface area contributed by atoms with Gasteiger partial charge >= 0.3 is 0 Å². The SMILES string of the molecule is Clc1ccc(Cn2cc(CBr)nn2)s1. The summed E-state index contributed by atoms with van der Waals surface area (Å²) in [5.41, 5.74) is 0.938. The van der Waals surface area contributed by atoms with Gasteiger partial charge in [0.05, 0.1) is 16.6 Å². The van der Waals surface area contributed by atoms with Crippen LogP contribution in [0.4, 0.5) is 0 Å². The second kappa shape index (κ2) is 4.42. The van der Waals surface area contributed by atoms with Crippen molar-refractivity contribution in [2.24, 2.45) is 0 Å². The van der Waals surface area contributed by atoms with E-state index < -0.39 is 0 Å². The van der Waals surface area contributed by atoms with Crippen molar-refractivity contribution in [1.82, 2.24) is 15.0 Å². The first-order valence-corrected chi connectivity index (χ1v) is 6.28. The van der Waals surface area contributed by atoms with Crippen LogP contribution in [-0.4, -0.2) is 15.0 Å². The van der Waals surface area contributed by atoms with Gasteiger partial charge < -0.3 is 0 Å². The fraction of sp³-hybridized carbons (Fsp3) is 0.250. The number of rotatable bonds is 3. The zero-order valence-corrected chi connectivity index (χ0v) is 10.3. The molecule has 2 rings (SSSR count). The van der Waals surface area contributed by atoms with Gasteiger partial charge in [-0.1, -0.05) is 32.7 Å². The predicted molar refractivity (Wildman–Crippen MR) is 61.1 cm³/mol. The van der Waals surface area contributed by atoms with Gasteiger partial charge in [0.2, 0.25) is 0 Å². The molecule has 0 atom stereocenters. The summed E-state index contributed by atoms with van der Waals surface area (Å²) >= 11 is 10.7. The Balaban J connectivity index is 2.10. The maximum atomic E-state index is 5.82. The Morgan fingerprint density at radius 1 is 1.50 bits per heavy atom. The third kappa shape index (κ3) is 2.34. The van der Waals surface area contributed by atoms with E-state index in [1.807, 2.05) is 18.3 Å². The van der Waals surface area contributed by atoms with Crippen LogP contribution in [0.1, 0.15) is 10.6 Å². The van der Waals surface area contributed by atoms with E-state index in [1.165, 1.54) is 4.88 Å². The lowest BCUT2D eigenvalue weighted by molar-refractivity contribution is 0.655. The Morgan fingerprint density at radius 3 is 2.93 bits per heavy atom. The fourth-order valence-electron chi connectivity index (χ4n) is 1.07. The van der Waals surface area contributed by atoms with Crippen LogP contribution in [0.5, 0.6) is 0 Å². The highest BCUT2D eigenvalue weighted by molar-refractivity contribution is 9.08. The maximum absolute atomic E-state index is 5.82. The quantitative estimate of drug-likeness (QED) is 0.814. The van der Waals surface area contributed by atoms with Crippen LogP contribution in [0.25, 0.3) is 0 Å². The molecule has 14 heavy (non-hydrogen) atoms. The predicted octanol–water partition coefficient (Wildman–Crippen LogP) is 2.94. The van der Waals surface area contributed by atoms with Gasteiger partial charge in [-0.25, -0.2) is 4.68 Å². The summed E-state index contributed by atoms with van der Waals surface area (Å²) in [5.74, 6) is 0. The first-order valence-electron chi connectivity index (χ1n) is 3.97. The summed E-state index contributed by atoms with van der Waals surface area (Å²) in [6.07, 6.45) is 1.92. The number of alkyl halides is 1. The second-order valence-electron chi connectivity index (χ2n) is 2.75. The standard InChI is InChI=1S/C8H7BrClN3S/c9-3-6-4-13(12-11-6)5-7-1-2-8(10)14-7/h1-2,4H,3,5H2. The lowest BCUT2D eigenvalue weighted by atomic mass is 10.4. The molecular formula is C8H7BrClN3S. The van der Waals surface area contributed by atoms with Gasteiger partial charge in [0.1, 0.15) is 0 Å². The third-order valence-corrected chi connectivity index (χ3v) is 3.46. The molecule has 0 N–H and O–H groups in total. The molecule has 0 aliphatic carbocycles. The molecule has 3 nitrogen and oxygen atoms in total. The molecule has 0 fully saturated rings. The zero-order chi connectivity index (χ0) is 9.97. The van der Waals surface area contributed by atoms with Crippen molar-refractivity contribution < 1.29 is 0 Å². The molecular weight excluding hydrogens is 286 g/mol. The highest BCUT2D eigenvalue weighted by Crippen LogP contribution is 2.21. The minimum absolute atomic E-state index is 0.734. The summed E-state index contributed by atoms with van der Waals surface area (Å²) in [6, 6.07) is 3.90. The van der Waals surface area contributed by atoms with Crippen LogP contribution in [0, 0.1) is 0 Å². The molecule has 0 aromatic carbocycles. The summed E-state index contributed by atoms with van der Waals surface area (Å²) in [4.78, 5) is 1.18. The number of hydrogen-bond donors (Lipinski definition) is 0. The van der Waals surface area contributed by atoms with E-state index in [9.17, 15) is 0 Å². The highest BCUT2D eigenvalue weighted by Gasteiger charge is 2.02. The van der Waals surface area contributed by atoms with Gasteiger partial charge in [-0.05, 0) is 12.1 Å². The first kappa shape index (κ1) is 10.1. The molecule has 2 aromatic heterocycles. The Bertz CT molecular complexity index is 426. The lowest BCUT2D eigenvalue weighted by Crippen LogP contribution is -1.97. The number of aromatic nitrogens is 3. The molecule has 0 unspecified atom stereocenters. The van der Waals surface area contributed by atoms with Gasteiger partial charge in [0, 0.05) is 16.4 Å². The van der Waals surface area contributed by atoms with Crippen molar-refractivity contribution in [3.05, 3.63) is 33.2 Å². The van der Waals surface area contributed by atoms with Gasteiger partial charge in [-0.3, -0.25) is 0 Å². The van der Waals surface area contributed by atoms with Crippen molar-refractivity contribution in [2.45, 2.75) is 11.9 Å². The van der Waals surface area contributed by atoms with Crippen molar-refractivity contribution in [1.29, 1.82) is 0 Å². The van der Waals surface area contributed by atoms with Crippen LogP contribution in [0.3, 0.4) is 0 Å².